The monoisotopic (exact) mass is 286 g/mol. The Morgan fingerprint density at radius 2 is 1.85 bits per heavy atom. The largest absolute Gasteiger partial charge is 0.394 e. The second-order valence-electron chi connectivity index (χ2n) is 5.54. The first-order valence-corrected chi connectivity index (χ1v) is 8.06. The Bertz CT molecular complexity index is 256. The van der Waals surface area contributed by atoms with E-state index in [0.29, 0.717) is 6.42 Å². The van der Waals surface area contributed by atoms with Gasteiger partial charge in [-0.3, -0.25) is 9.63 Å². The summed E-state index contributed by atoms with van der Waals surface area (Å²) in [6, 6.07) is 0. The van der Waals surface area contributed by atoms with E-state index in [1.54, 1.807) is 0 Å². The third kappa shape index (κ3) is 7.22. The molecule has 5 heteroatoms. The average Bonchev–Trinajstić information content (AvgIpc) is 2.47. The number of nitrogens with two attached hydrogens (primary N) is 1. The third-order valence-electron chi connectivity index (χ3n) is 3.75. The summed E-state index contributed by atoms with van der Waals surface area (Å²) in [6.45, 7) is 0.944. The summed E-state index contributed by atoms with van der Waals surface area (Å²) in [7, 11) is 0. The number of nitrogens with zero attached hydrogens (tertiary/aromatic N) is 1. The topological polar surface area (TPSA) is 75.8 Å². The van der Waals surface area contributed by atoms with Crippen LogP contribution in [0.4, 0.5) is 0 Å². The number of aliphatic hydroxyl groups is 1. The molecule has 0 aromatic heterocycles. The van der Waals surface area contributed by atoms with Gasteiger partial charge in [-0.1, -0.05) is 32.1 Å². The molecule has 0 radical (unpaired) electrons. The fourth-order valence-corrected chi connectivity index (χ4v) is 2.58. The van der Waals surface area contributed by atoms with Crippen molar-refractivity contribution in [3.8, 4) is 0 Å². The van der Waals surface area contributed by atoms with Gasteiger partial charge in [-0.25, -0.2) is 5.06 Å². The van der Waals surface area contributed by atoms with Crippen molar-refractivity contribution < 1.29 is 14.7 Å². The molecule has 1 aliphatic carbocycles. The second-order valence-corrected chi connectivity index (χ2v) is 5.54. The maximum Gasteiger partial charge on any atom is 0.246 e. The van der Waals surface area contributed by atoms with Gasteiger partial charge in [-0.15, -0.1) is 0 Å². The molecular formula is C15H30N2O3. The molecule has 1 aliphatic rings. The van der Waals surface area contributed by atoms with Gasteiger partial charge in [0.15, 0.2) is 0 Å². The Labute approximate surface area is 122 Å². The van der Waals surface area contributed by atoms with Gasteiger partial charge >= 0.3 is 0 Å². The molecule has 0 bridgehead atoms. The summed E-state index contributed by atoms with van der Waals surface area (Å²) >= 11 is 0. The Hall–Kier alpha value is -0.650. The summed E-state index contributed by atoms with van der Waals surface area (Å²) in [4.78, 5) is 17.9. The van der Waals surface area contributed by atoms with Gasteiger partial charge in [0.1, 0.15) is 0 Å². The van der Waals surface area contributed by atoms with Crippen LogP contribution in [0.25, 0.3) is 0 Å². The number of aliphatic hydroxyl groups excluding tert-OH is 1. The molecule has 0 spiro atoms. The first-order valence-electron chi connectivity index (χ1n) is 8.06. The molecule has 0 aromatic rings. The van der Waals surface area contributed by atoms with E-state index < -0.39 is 0 Å². The molecular weight excluding hydrogens is 256 g/mol. The van der Waals surface area contributed by atoms with Gasteiger partial charge in [-0.2, -0.15) is 0 Å². The zero-order valence-corrected chi connectivity index (χ0v) is 12.6. The highest BCUT2D eigenvalue weighted by molar-refractivity contribution is 5.75. The number of amides is 1. The predicted molar refractivity (Wildman–Crippen MR) is 78.9 cm³/mol. The van der Waals surface area contributed by atoms with Crippen LogP contribution in [0.2, 0.25) is 0 Å². The van der Waals surface area contributed by atoms with Crippen LogP contribution < -0.4 is 5.73 Å². The fraction of sp³-hybridized carbons (Fsp3) is 0.933. The normalized spacial score (nSPS) is 16.3. The lowest BCUT2D eigenvalue weighted by Crippen LogP contribution is -2.37. The number of hydrogen-bond donors (Lipinski definition) is 2. The van der Waals surface area contributed by atoms with Crippen molar-refractivity contribution in [1.29, 1.82) is 0 Å². The summed E-state index contributed by atoms with van der Waals surface area (Å²) in [5, 5.41) is 10.5. The Kier molecular flexibility index (Phi) is 9.62. The molecule has 1 amide bonds. The summed E-state index contributed by atoms with van der Waals surface area (Å²) in [5.41, 5.74) is 5.44. The van der Waals surface area contributed by atoms with E-state index in [2.05, 4.69) is 0 Å². The van der Waals surface area contributed by atoms with E-state index in [1.165, 1.54) is 24.3 Å². The number of unbranched alkanes of at least 4 members (excludes halogenated alkanes) is 3. The SMILES string of the molecule is NCCCCCCC(=O)N(CCO)OC1CCCCC1. The Balaban J connectivity index is 2.25. The molecule has 3 N–H and O–H groups in total. The number of hydrogen-bond acceptors (Lipinski definition) is 4. The van der Waals surface area contributed by atoms with E-state index in [0.717, 1.165) is 45.1 Å². The van der Waals surface area contributed by atoms with Crippen molar-refractivity contribution in [1.82, 2.24) is 5.06 Å². The predicted octanol–water partition coefficient (Wildman–Crippen LogP) is 1.98. The first-order chi connectivity index (χ1) is 9.77. The van der Waals surface area contributed by atoms with Crippen LogP contribution in [0.1, 0.15) is 64.2 Å². The standard InChI is InChI=1S/C15H30N2O3/c16-11-7-2-1-6-10-15(19)17(12-13-18)20-14-8-4-3-5-9-14/h14,18H,1-13,16H2. The van der Waals surface area contributed by atoms with Gasteiger partial charge < -0.3 is 10.8 Å². The van der Waals surface area contributed by atoms with Crippen LogP contribution in [0.3, 0.4) is 0 Å². The summed E-state index contributed by atoms with van der Waals surface area (Å²) in [6.07, 6.45) is 10.3. The minimum Gasteiger partial charge on any atom is -0.394 e. The second kappa shape index (κ2) is 11.1. The summed E-state index contributed by atoms with van der Waals surface area (Å²) in [5.74, 6) is -0.00243. The minimum atomic E-state index is -0.0500. The third-order valence-corrected chi connectivity index (χ3v) is 3.75. The van der Waals surface area contributed by atoms with Gasteiger partial charge in [0.25, 0.3) is 0 Å². The molecule has 1 rings (SSSR count). The van der Waals surface area contributed by atoms with Crippen LogP contribution >= 0.6 is 0 Å². The number of rotatable bonds is 10. The molecule has 0 saturated heterocycles. The van der Waals surface area contributed by atoms with Crippen LogP contribution in [-0.4, -0.2) is 41.9 Å². The lowest BCUT2D eigenvalue weighted by atomic mass is 9.98. The van der Waals surface area contributed by atoms with Crippen molar-refractivity contribution in [2.24, 2.45) is 5.73 Å². The molecule has 0 aromatic carbocycles. The first kappa shape index (κ1) is 17.4. The van der Waals surface area contributed by atoms with Gasteiger partial charge in [-0.05, 0) is 32.2 Å². The molecule has 5 nitrogen and oxygen atoms in total. The Morgan fingerprint density at radius 3 is 2.50 bits per heavy atom. The van der Waals surface area contributed by atoms with Gasteiger partial charge in [0.05, 0.1) is 19.3 Å². The van der Waals surface area contributed by atoms with E-state index in [-0.39, 0.29) is 25.2 Å². The summed E-state index contributed by atoms with van der Waals surface area (Å²) < 4.78 is 0. The minimum absolute atomic E-state index is 0.00243. The van der Waals surface area contributed by atoms with E-state index in [9.17, 15) is 4.79 Å². The number of hydroxylamine groups is 2. The zero-order valence-electron chi connectivity index (χ0n) is 12.6. The van der Waals surface area contributed by atoms with Crippen LogP contribution in [0, 0.1) is 0 Å². The maximum absolute atomic E-state index is 12.1. The van der Waals surface area contributed by atoms with Crippen molar-refractivity contribution in [2.45, 2.75) is 70.3 Å². The molecule has 0 atom stereocenters. The lowest BCUT2D eigenvalue weighted by molar-refractivity contribution is -0.213. The molecule has 1 fully saturated rings. The highest BCUT2D eigenvalue weighted by atomic mass is 16.7. The fourth-order valence-electron chi connectivity index (χ4n) is 2.58. The van der Waals surface area contributed by atoms with Crippen molar-refractivity contribution in [3.05, 3.63) is 0 Å². The van der Waals surface area contributed by atoms with Gasteiger partial charge in [0, 0.05) is 6.42 Å². The number of carbonyl (C=O) groups excluding carboxylic acids is 1. The van der Waals surface area contributed by atoms with Crippen LogP contribution in [0.5, 0.6) is 0 Å². The van der Waals surface area contributed by atoms with Crippen molar-refractivity contribution in [2.75, 3.05) is 19.7 Å². The maximum atomic E-state index is 12.1. The van der Waals surface area contributed by atoms with Gasteiger partial charge in [0.2, 0.25) is 5.91 Å². The van der Waals surface area contributed by atoms with Crippen molar-refractivity contribution >= 4 is 5.91 Å². The lowest BCUT2D eigenvalue weighted by Gasteiger charge is -2.29. The highest BCUT2D eigenvalue weighted by Gasteiger charge is 2.21. The number of carbonyl (C=O) groups is 1. The highest BCUT2D eigenvalue weighted by Crippen LogP contribution is 2.21. The van der Waals surface area contributed by atoms with E-state index in [1.807, 2.05) is 0 Å². The van der Waals surface area contributed by atoms with E-state index >= 15 is 0 Å². The molecule has 1 saturated carbocycles. The molecule has 20 heavy (non-hydrogen) atoms. The molecule has 0 unspecified atom stereocenters. The van der Waals surface area contributed by atoms with Crippen molar-refractivity contribution in [3.63, 3.8) is 0 Å². The van der Waals surface area contributed by atoms with E-state index in [4.69, 9.17) is 15.7 Å². The zero-order chi connectivity index (χ0) is 14.6. The van der Waals surface area contributed by atoms with Crippen LogP contribution in [0.15, 0.2) is 0 Å². The quantitative estimate of drug-likeness (QED) is 0.475. The average molecular weight is 286 g/mol. The molecule has 0 aliphatic heterocycles. The molecule has 118 valence electrons. The Morgan fingerprint density at radius 1 is 1.15 bits per heavy atom. The van der Waals surface area contributed by atoms with Crippen LogP contribution in [-0.2, 0) is 9.63 Å². The molecule has 0 heterocycles. The smallest absolute Gasteiger partial charge is 0.246 e.